The quantitative estimate of drug-likeness (QED) is 0.0363. The van der Waals surface area contributed by atoms with Crippen molar-refractivity contribution in [1.29, 1.82) is 0 Å². The third-order valence-electron chi connectivity index (χ3n) is 23.4. The Labute approximate surface area is 774 Å². The average Bonchev–Trinajstić information content (AvgIpc) is 1.62. The Hall–Kier alpha value is -17.5. The van der Waals surface area contributed by atoms with Gasteiger partial charge in [-0.1, -0.05) is 6.07 Å². The molecule has 2 aromatic carbocycles. The molecule has 0 aliphatic heterocycles. The number of hydrogen-bond donors (Lipinski definition) is 9. The molecular weight excluding hydrogens is 1760 g/mol. The highest BCUT2D eigenvalue weighted by Gasteiger charge is 2.25. The number of thiophene rings is 1. The van der Waals surface area contributed by atoms with Gasteiger partial charge in [0.15, 0.2) is 45.9 Å². The Balaban J connectivity index is 0.000000109. The number of pyridine rings is 12. The van der Waals surface area contributed by atoms with Gasteiger partial charge in [-0.2, -0.15) is 31.7 Å². The predicted molar refractivity (Wildman–Crippen MR) is 521 cm³/mol. The van der Waals surface area contributed by atoms with E-state index in [0.29, 0.717) is 108 Å². The van der Waals surface area contributed by atoms with Gasteiger partial charge in [0.1, 0.15) is 55.3 Å². The molecular formula is C99H78F2N30O3S2. The molecule has 0 unspecified atom stereocenters. The number of anilines is 1. The van der Waals surface area contributed by atoms with Crippen LogP contribution in [0.4, 0.5) is 14.5 Å². The van der Waals surface area contributed by atoms with Crippen LogP contribution in [0.15, 0.2) is 249 Å². The van der Waals surface area contributed by atoms with E-state index in [1.807, 2.05) is 114 Å². The summed E-state index contributed by atoms with van der Waals surface area (Å²) in [6.07, 6.45) is 40.2. The number of hydrogen-bond acceptors (Lipinski definition) is 26. The lowest BCUT2D eigenvalue weighted by molar-refractivity contribution is 0.425. The van der Waals surface area contributed by atoms with Crippen molar-refractivity contribution in [1.82, 2.24) is 145 Å². The van der Waals surface area contributed by atoms with Crippen molar-refractivity contribution in [2.75, 3.05) is 44.5 Å². The monoisotopic (exact) mass is 1840 g/mol. The summed E-state index contributed by atoms with van der Waals surface area (Å²) < 4.78 is 57.6. The molecule has 0 bridgehead atoms. The van der Waals surface area contributed by atoms with E-state index >= 15 is 0 Å². The highest BCUT2D eigenvalue weighted by molar-refractivity contribution is 7.90. The van der Waals surface area contributed by atoms with Crippen LogP contribution in [0.3, 0.4) is 0 Å². The molecule has 0 atom stereocenters. The number of halogens is 2. The van der Waals surface area contributed by atoms with Gasteiger partial charge < -0.3 is 34.6 Å². The van der Waals surface area contributed by atoms with Gasteiger partial charge in [0.2, 0.25) is 0 Å². The second kappa shape index (κ2) is 36.0. The number of H-pyrrole nitrogens is 8. The first kappa shape index (κ1) is 85.3. The normalized spacial score (nSPS) is 11.7. The van der Waals surface area contributed by atoms with E-state index in [1.54, 1.807) is 117 Å². The number of nitrogens with one attached hydrogen (secondary N) is 9. The Morgan fingerprint density at radius 1 is 0.390 bits per heavy atom. The van der Waals surface area contributed by atoms with Crippen LogP contribution in [0.1, 0.15) is 27.8 Å². The van der Waals surface area contributed by atoms with E-state index in [0.717, 1.165) is 162 Å². The topological polar surface area (TPSA) is 447 Å². The molecule has 33 nitrogen and oxygen atoms in total. The highest BCUT2D eigenvalue weighted by Crippen LogP contribution is 2.41. The molecule has 9 N–H and O–H groups in total. The number of aryl methyl sites for hydroxylation is 5. The number of rotatable bonds is 19. The van der Waals surface area contributed by atoms with Crippen LogP contribution in [0.25, 0.3) is 223 Å². The van der Waals surface area contributed by atoms with Crippen LogP contribution >= 0.6 is 11.3 Å². The average molecular weight is 1840 g/mol. The number of furan rings is 1. The molecule has 0 amide bonds. The largest absolute Gasteiger partial charge is 0.472 e. The number of benzene rings is 2. The van der Waals surface area contributed by atoms with Gasteiger partial charge in [0.25, 0.3) is 0 Å². The molecule has 0 fully saturated rings. The summed E-state index contributed by atoms with van der Waals surface area (Å²) in [6, 6.07) is 29.5. The molecule has 22 heterocycles. The van der Waals surface area contributed by atoms with Crippen molar-refractivity contribution >= 4 is 115 Å². The lowest BCUT2D eigenvalue weighted by atomic mass is 10.0. The standard InChI is InChI=1S/C28H26FN9.C27H22FN7O2S.C22H15N7O.C22H15N7S/c1-16-4-5-30-13-22(16)18-10-21-26(36-37-27(21)33-12-18)28-34-24-15-31-14-23(25(24)35-28)17-8-19(29)11-20(9-17)32-6-7-38(2)3;1-15-3-5-29-12-21(15)18-10-20-25(34-35-26(20)31-11-18)27-32-23-14-30-13-22(24(23)33-27)17-7-16(8-19(28)9-17)4-6-38(2,36)37;2*1-12-2-4-23-8-16(12)14-6-15-20(28-29-21(15)25-7-14)22-26-18-10-24-9-17(19(18)27-22)13-3-5-30-11-13/h4-5,8-15,32H,6-7H2,1-3H3,(H,34,35)(H,33,36,37);3,5,7-14H,4,6H2,1-2H3,(H,32,33)(H,31,34,35);2*2-11H,1H3,(H,26,27)(H,25,28,29). The summed E-state index contributed by atoms with van der Waals surface area (Å²) in [7, 11) is 0.819. The molecule has 0 saturated carbocycles. The summed E-state index contributed by atoms with van der Waals surface area (Å²) in [5.41, 5.74) is 31.7. The van der Waals surface area contributed by atoms with E-state index in [9.17, 15) is 17.2 Å². The summed E-state index contributed by atoms with van der Waals surface area (Å²) in [5, 5.41) is 40.6. The van der Waals surface area contributed by atoms with Crippen molar-refractivity contribution in [2.24, 2.45) is 0 Å². The number of aromatic nitrogens is 28. The van der Waals surface area contributed by atoms with Crippen LogP contribution < -0.4 is 5.32 Å². The van der Waals surface area contributed by atoms with Crippen molar-refractivity contribution in [3.8, 4) is 135 Å². The molecule has 22 aromatic heterocycles. The summed E-state index contributed by atoms with van der Waals surface area (Å²) in [4.78, 5) is 87.4. The predicted octanol–water partition coefficient (Wildman–Crippen LogP) is 19.2. The summed E-state index contributed by atoms with van der Waals surface area (Å²) in [6.45, 7) is 9.72. The maximum atomic E-state index is 14.6. The second-order valence-electron chi connectivity index (χ2n) is 32.9. The van der Waals surface area contributed by atoms with Crippen molar-refractivity contribution < 1.29 is 21.6 Å². The molecule has 0 radical (unpaired) electrons. The highest BCUT2D eigenvalue weighted by atomic mass is 32.2. The minimum absolute atomic E-state index is 0.0631. The van der Waals surface area contributed by atoms with Crippen molar-refractivity contribution in [3.05, 3.63) is 284 Å². The first-order valence-electron chi connectivity index (χ1n) is 42.9. The smallest absolute Gasteiger partial charge is 0.181 e. The fraction of sp³-hybridized carbons (Fsp3) is 0.111. The molecule has 0 spiro atoms. The first-order valence-corrected chi connectivity index (χ1v) is 45.9. The lowest BCUT2D eigenvalue weighted by Crippen LogP contribution is -2.20. The third-order valence-corrected chi connectivity index (χ3v) is 25.0. The molecule has 37 heteroatoms. The number of fused-ring (bicyclic) bond motifs is 8. The Morgan fingerprint density at radius 3 is 1.10 bits per heavy atom. The van der Waals surface area contributed by atoms with Gasteiger partial charge in [-0.3, -0.25) is 60.3 Å². The minimum atomic E-state index is -3.18. The fourth-order valence-corrected chi connectivity index (χ4v) is 17.6. The zero-order valence-corrected chi connectivity index (χ0v) is 75.2. The Bertz CT molecular complexity index is 8520. The molecule has 24 aromatic rings. The van der Waals surface area contributed by atoms with E-state index in [2.05, 4.69) is 174 Å². The lowest BCUT2D eigenvalue weighted by Gasteiger charge is -2.12. The van der Waals surface area contributed by atoms with Crippen molar-refractivity contribution in [2.45, 2.75) is 34.1 Å². The number of aromatic amines is 8. The summed E-state index contributed by atoms with van der Waals surface area (Å²) >= 11 is 1.65. The van der Waals surface area contributed by atoms with Gasteiger partial charge >= 0.3 is 0 Å². The van der Waals surface area contributed by atoms with E-state index in [-0.39, 0.29) is 18.0 Å². The SMILES string of the molecule is Cc1ccncc1-c1cnc2n[nH]c(-c3nc4c(-c5cc(F)cc(CCS(C)(=O)=O)c5)cncc4[nH]3)c2c1.Cc1ccncc1-c1cnc2n[nH]c(-c3nc4c(-c5cc(F)cc(NCCN(C)C)c5)cncc4[nH]3)c2c1.Cc1ccncc1-c1cnc2n[nH]c(-c3nc4c(-c5ccoc5)cncc4[nH]3)c2c1.Cc1ccncc1-c1cnc2n[nH]c(-c3nc4c(-c5ccsc5)cncc4[nH]3)c2c1. The number of sulfone groups is 1. The van der Waals surface area contributed by atoms with Gasteiger partial charge in [0, 0.05) is 197 Å². The first-order chi connectivity index (χ1) is 66.3. The number of nitrogens with zero attached hydrogens (tertiary/aromatic N) is 21. The molecule has 0 aliphatic rings. The summed E-state index contributed by atoms with van der Waals surface area (Å²) in [5.74, 6) is 1.67. The Kier molecular flexibility index (Phi) is 22.6. The zero-order chi connectivity index (χ0) is 92.8. The van der Waals surface area contributed by atoms with Crippen molar-refractivity contribution in [3.63, 3.8) is 0 Å². The maximum absolute atomic E-state index is 14.6. The van der Waals surface area contributed by atoms with Gasteiger partial charge in [-0.15, -0.1) is 0 Å². The minimum Gasteiger partial charge on any atom is -0.472 e. The van der Waals surface area contributed by atoms with Crippen LogP contribution in [0, 0.1) is 39.3 Å². The third kappa shape index (κ3) is 17.2. The van der Waals surface area contributed by atoms with Crippen LogP contribution in [-0.4, -0.2) is 193 Å². The van der Waals surface area contributed by atoms with E-state index in [4.69, 9.17) is 24.4 Å². The van der Waals surface area contributed by atoms with Crippen LogP contribution in [0.5, 0.6) is 0 Å². The fourth-order valence-electron chi connectivity index (χ4n) is 16.4. The second-order valence-corrected chi connectivity index (χ2v) is 36.0. The van der Waals surface area contributed by atoms with Gasteiger partial charge in [-0.25, -0.2) is 57.1 Å². The molecule has 0 aliphatic carbocycles. The number of imidazole rings is 4. The molecule has 0 saturated heterocycles. The van der Waals surface area contributed by atoms with E-state index in [1.165, 1.54) is 30.5 Å². The molecule has 136 heavy (non-hydrogen) atoms. The van der Waals surface area contributed by atoms with E-state index < -0.39 is 15.7 Å². The zero-order valence-electron chi connectivity index (χ0n) is 73.6. The Morgan fingerprint density at radius 2 is 0.750 bits per heavy atom. The number of likely N-dealkylation sites (N-methyl/N-ethyl adjacent to an activating group) is 1. The van der Waals surface area contributed by atoms with Crippen LogP contribution in [0.2, 0.25) is 0 Å². The maximum Gasteiger partial charge on any atom is 0.181 e. The molecule has 24 rings (SSSR count). The van der Waals surface area contributed by atoms with Gasteiger partial charge in [-0.05, 0) is 194 Å². The molecule has 668 valence electrons. The van der Waals surface area contributed by atoms with Gasteiger partial charge in [0.05, 0.1) is 97.7 Å². The van der Waals surface area contributed by atoms with Crippen LogP contribution in [-0.2, 0) is 16.3 Å².